The minimum Gasteiger partial charge on any atom is -0.394 e. The van der Waals surface area contributed by atoms with Gasteiger partial charge in [0.1, 0.15) is 165 Å². The molecular formula is C50H87NO36. The Labute approximate surface area is 496 Å². The number of carbonyl (C=O) groups excluding carboxylic acids is 1. The zero-order chi connectivity index (χ0) is 64.5. The maximum absolute atomic E-state index is 13.1. The summed E-state index contributed by atoms with van der Waals surface area (Å²) in [7, 11) is 0. The first-order valence-electron chi connectivity index (χ1n) is 28.3. The van der Waals surface area contributed by atoms with Crippen molar-refractivity contribution in [1.82, 2.24) is 5.32 Å². The van der Waals surface area contributed by atoms with E-state index in [1.54, 1.807) is 0 Å². The lowest BCUT2D eigenvalue weighted by Crippen LogP contribution is -2.70. The van der Waals surface area contributed by atoms with Crippen molar-refractivity contribution in [2.75, 3.05) is 26.4 Å². The molecule has 7 heterocycles. The third kappa shape index (κ3) is 15.8. The predicted molar refractivity (Wildman–Crippen MR) is 271 cm³/mol. The van der Waals surface area contributed by atoms with Crippen molar-refractivity contribution in [2.45, 2.75) is 281 Å². The minimum absolute atomic E-state index is 0.869. The van der Waals surface area contributed by atoms with E-state index in [9.17, 15) is 112 Å². The fourth-order valence-corrected chi connectivity index (χ4v) is 11.1. The van der Waals surface area contributed by atoms with Gasteiger partial charge in [0.05, 0.1) is 56.9 Å². The highest BCUT2D eigenvalue weighted by atomic mass is 16.8. The summed E-state index contributed by atoms with van der Waals surface area (Å²) in [5.41, 5.74) is 0. The molecule has 0 unspecified atom stereocenters. The summed E-state index contributed by atoms with van der Waals surface area (Å²) in [5, 5.41) is 230. The summed E-state index contributed by atoms with van der Waals surface area (Å²) in [6.07, 6.45) is -70.6. The van der Waals surface area contributed by atoms with Crippen molar-refractivity contribution in [3.8, 4) is 0 Å². The van der Waals surface area contributed by atoms with Gasteiger partial charge in [-0.2, -0.15) is 0 Å². The second kappa shape index (κ2) is 30.9. The maximum atomic E-state index is 13.1. The van der Waals surface area contributed by atoms with Gasteiger partial charge < -0.3 is 179 Å². The molecule has 22 N–H and O–H groups in total. The van der Waals surface area contributed by atoms with E-state index in [1.165, 1.54) is 34.6 Å². The van der Waals surface area contributed by atoms with E-state index in [0.29, 0.717) is 0 Å². The van der Waals surface area contributed by atoms with Gasteiger partial charge in [-0.25, -0.2) is 0 Å². The van der Waals surface area contributed by atoms with E-state index < -0.39 is 272 Å². The van der Waals surface area contributed by atoms with Crippen molar-refractivity contribution in [3.05, 3.63) is 0 Å². The molecule has 7 saturated heterocycles. The zero-order valence-electron chi connectivity index (χ0n) is 47.9. The molecule has 0 bridgehead atoms. The van der Waals surface area contributed by atoms with Gasteiger partial charge in [-0.3, -0.25) is 4.79 Å². The number of nitrogens with one attached hydrogen (secondary N) is 1. The fraction of sp³-hybridized carbons (Fsp3) is 0.980. The van der Waals surface area contributed by atoms with Crippen LogP contribution in [-0.4, -0.2) is 379 Å². The first-order chi connectivity index (χ1) is 40.9. The van der Waals surface area contributed by atoms with Gasteiger partial charge in [-0.05, 0) is 34.6 Å². The minimum atomic E-state index is -2.19. The summed E-state index contributed by atoms with van der Waals surface area (Å²) in [6, 6.07) is -1.80. The van der Waals surface area contributed by atoms with Crippen LogP contribution >= 0.6 is 0 Å². The van der Waals surface area contributed by atoms with E-state index in [0.717, 1.165) is 6.92 Å². The molecule has 0 saturated carbocycles. The van der Waals surface area contributed by atoms with Gasteiger partial charge in [-0.1, -0.05) is 0 Å². The number of rotatable bonds is 22. The number of hydrogen-bond donors (Lipinski definition) is 22. The molecule has 37 nitrogen and oxygen atoms in total. The molecular weight excluding hydrogens is 1190 g/mol. The van der Waals surface area contributed by atoms with E-state index in [1.807, 2.05) is 0 Å². The van der Waals surface area contributed by atoms with Gasteiger partial charge in [-0.15, -0.1) is 0 Å². The lowest BCUT2D eigenvalue weighted by atomic mass is 9.94. The van der Waals surface area contributed by atoms with E-state index >= 15 is 0 Å². The Morgan fingerprint density at radius 2 is 0.770 bits per heavy atom. The number of ether oxygens (including phenoxy) is 14. The SMILES string of the molecule is CC(=O)N[C@H]1[C@H](O[C@@H]2[C@@H](O)[C@@H](O[C@@H]3O[C@@H](C)[C@H](O)[C@@H](O)[C@H]3O)[C@H](O[C@H]3[C@H](OC[C@H](O)[C@@H](O[C@@H]4O[C@@H](C)[C@H](O)[C@@H](O)[C@H]4O)[C@H](O)[C@H](O)CO)O[C@@H](C)[C@H](O)[C@H]3O)O[C@H]2C)O[C@H](CO)[C@@H](O)[C@@H]1O[C@H]1O[C@H](CO)[C@H](O)[C@H](O)[C@H]1O[C@@H]1O[C@@H](C)[C@H](O)[C@@H](O)[C@H]1O. The molecule has 37 heteroatoms. The zero-order valence-corrected chi connectivity index (χ0v) is 47.9. The molecule has 0 aromatic rings. The average Bonchev–Trinajstić information content (AvgIpc) is 1.01. The molecule has 7 aliphatic rings. The van der Waals surface area contributed by atoms with Crippen LogP contribution in [0.3, 0.4) is 0 Å². The highest BCUT2D eigenvalue weighted by Gasteiger charge is 2.59. The van der Waals surface area contributed by atoms with Gasteiger partial charge in [0, 0.05) is 6.92 Å². The Bertz CT molecular complexity index is 2120. The van der Waals surface area contributed by atoms with Crippen LogP contribution in [0, 0.1) is 0 Å². The van der Waals surface area contributed by atoms with Crippen molar-refractivity contribution in [3.63, 3.8) is 0 Å². The molecule has 0 aromatic carbocycles. The molecule has 7 fully saturated rings. The predicted octanol–water partition coefficient (Wildman–Crippen LogP) is -13.5. The lowest BCUT2D eigenvalue weighted by Gasteiger charge is -2.51. The number of carbonyl (C=O) groups is 1. The van der Waals surface area contributed by atoms with Crippen LogP contribution < -0.4 is 5.32 Å². The molecule has 0 spiro atoms. The largest absolute Gasteiger partial charge is 0.394 e. The Hall–Kier alpha value is -1.93. The number of hydrogen-bond acceptors (Lipinski definition) is 36. The van der Waals surface area contributed by atoms with E-state index in [4.69, 9.17) is 66.3 Å². The number of aliphatic hydroxyl groups is 21. The van der Waals surface area contributed by atoms with Gasteiger partial charge in [0.15, 0.2) is 44.0 Å². The van der Waals surface area contributed by atoms with Crippen molar-refractivity contribution < 1.29 is 178 Å². The molecule has 7 aliphatic heterocycles. The van der Waals surface area contributed by atoms with E-state index in [-0.39, 0.29) is 0 Å². The molecule has 0 aliphatic carbocycles. The van der Waals surface area contributed by atoms with Crippen LogP contribution in [-0.2, 0) is 71.1 Å². The van der Waals surface area contributed by atoms with Crippen LogP contribution in [0.25, 0.3) is 0 Å². The number of amides is 1. The molecule has 0 radical (unpaired) electrons. The van der Waals surface area contributed by atoms with Crippen LogP contribution in [0.15, 0.2) is 0 Å². The highest BCUT2D eigenvalue weighted by Crippen LogP contribution is 2.39. The smallest absolute Gasteiger partial charge is 0.217 e. The summed E-state index contributed by atoms with van der Waals surface area (Å²) in [5.74, 6) is -0.869. The molecule has 0 aromatic heterocycles. The van der Waals surface area contributed by atoms with Gasteiger partial charge in [0.2, 0.25) is 5.91 Å². The van der Waals surface area contributed by atoms with Crippen LogP contribution in [0.2, 0.25) is 0 Å². The van der Waals surface area contributed by atoms with E-state index in [2.05, 4.69) is 5.32 Å². The Kier molecular flexibility index (Phi) is 25.7. The lowest BCUT2D eigenvalue weighted by molar-refractivity contribution is -0.403. The standard InChI is InChI=1S/C50H87NO36/c1-11-22(58)29(65)34(70)45(75-11)83-39(26(62)17(56)7-52)18(57)10-74-48-41(32(68)25(61)14(4)78-48)87-49-43(86-47-36(72)31(67)24(60)13(3)77-47)37(73)38(15(5)79-49)82-44-21(51-16(6)55)40(28(64)20(9-54)80-44)84-50-42(33(69)27(63)19(8-53)81-50)85-46-35(71)30(66)23(59)12(2)76-46/h11-15,17-50,52-54,56-73H,7-10H2,1-6H3,(H,51,55)/t11-,12-,13-,14-,15-,17+,18-,19+,20+,21+,22-,23-,24-,25-,26+,27-,28+,29+,30+,31+,32+,33-,34+,35+,36+,37+,38-,39+,40+,41+,42+,43+,44-,45-,46-,47-,48+,49-,50+/m0/s1. The molecule has 7 rings (SSSR count). The quantitative estimate of drug-likeness (QED) is 0.0479. The Morgan fingerprint density at radius 1 is 0.391 bits per heavy atom. The van der Waals surface area contributed by atoms with Crippen molar-refractivity contribution in [2.24, 2.45) is 0 Å². The van der Waals surface area contributed by atoms with Crippen molar-refractivity contribution >= 4 is 5.91 Å². The van der Waals surface area contributed by atoms with Gasteiger partial charge in [0.25, 0.3) is 0 Å². The van der Waals surface area contributed by atoms with Crippen molar-refractivity contribution in [1.29, 1.82) is 0 Å². The van der Waals surface area contributed by atoms with Crippen LogP contribution in [0.4, 0.5) is 0 Å². The Morgan fingerprint density at radius 3 is 1.28 bits per heavy atom. The fourth-order valence-electron chi connectivity index (χ4n) is 11.1. The van der Waals surface area contributed by atoms with Crippen LogP contribution in [0.1, 0.15) is 41.5 Å². The molecule has 508 valence electrons. The maximum Gasteiger partial charge on any atom is 0.217 e. The second-order valence-corrected chi connectivity index (χ2v) is 22.8. The molecule has 1 amide bonds. The topological polar surface area (TPSA) is 583 Å². The second-order valence-electron chi connectivity index (χ2n) is 22.8. The third-order valence-electron chi connectivity index (χ3n) is 16.5. The molecule has 87 heavy (non-hydrogen) atoms. The third-order valence-corrected chi connectivity index (χ3v) is 16.5. The van der Waals surface area contributed by atoms with Gasteiger partial charge >= 0.3 is 0 Å². The molecule has 39 atom stereocenters. The summed E-state index contributed by atoms with van der Waals surface area (Å²) in [4.78, 5) is 13.1. The first-order valence-corrected chi connectivity index (χ1v) is 28.3. The summed E-state index contributed by atoms with van der Waals surface area (Å²) >= 11 is 0. The monoisotopic (exact) mass is 1280 g/mol. The normalized spacial score (nSPS) is 50.6. The van der Waals surface area contributed by atoms with Crippen LogP contribution in [0.5, 0.6) is 0 Å². The average molecular weight is 1280 g/mol. The Balaban J connectivity index is 1.17. The summed E-state index contributed by atoms with van der Waals surface area (Å²) < 4.78 is 82.6. The highest BCUT2D eigenvalue weighted by molar-refractivity contribution is 5.73. The summed E-state index contributed by atoms with van der Waals surface area (Å²) in [6.45, 7) is 3.33. The first kappa shape index (κ1) is 72.5. The number of aliphatic hydroxyl groups excluding tert-OH is 21.